The van der Waals surface area contributed by atoms with Crippen molar-refractivity contribution in [1.82, 2.24) is 9.19 Å². The fraction of sp³-hybridized carbons (Fsp3) is 0.750. The first-order chi connectivity index (χ1) is 8.80. The van der Waals surface area contributed by atoms with Crippen LogP contribution in [0.2, 0.25) is 0 Å². The fourth-order valence-corrected chi connectivity index (χ4v) is 3.15. The van der Waals surface area contributed by atoms with E-state index in [0.717, 1.165) is 18.3 Å². The van der Waals surface area contributed by atoms with Gasteiger partial charge in [-0.2, -0.15) is 0 Å². The van der Waals surface area contributed by atoms with Crippen molar-refractivity contribution in [2.24, 2.45) is 0 Å². The van der Waals surface area contributed by atoms with Gasteiger partial charge in [0.25, 0.3) is 0 Å². The molecule has 5 nitrogen and oxygen atoms in total. The van der Waals surface area contributed by atoms with Crippen molar-refractivity contribution in [2.75, 3.05) is 0 Å². The molecule has 0 N–H and O–H groups in total. The molecular formula is C12H19BN2O3S. The number of nitrogens with zero attached hydrogens (tertiary/aromatic N) is 2. The lowest BCUT2D eigenvalue weighted by Crippen LogP contribution is -2.41. The van der Waals surface area contributed by atoms with Crippen LogP contribution in [0, 0.1) is 0 Å². The molecule has 0 amide bonds. The van der Waals surface area contributed by atoms with E-state index in [0.29, 0.717) is 0 Å². The van der Waals surface area contributed by atoms with Gasteiger partial charge in [-0.1, -0.05) is 4.09 Å². The summed E-state index contributed by atoms with van der Waals surface area (Å²) in [6, 6.07) is 0. The van der Waals surface area contributed by atoms with Crippen LogP contribution < -0.4 is 5.46 Å². The summed E-state index contributed by atoms with van der Waals surface area (Å²) in [6.07, 6.45) is 5.51. The molecule has 2 fully saturated rings. The molecule has 3 rings (SSSR count). The molecule has 1 aromatic rings. The van der Waals surface area contributed by atoms with Gasteiger partial charge in [-0.05, 0) is 27.7 Å². The maximum absolute atomic E-state index is 12.0. The first-order valence-corrected chi connectivity index (χ1v) is 7.78. The molecule has 0 bridgehead atoms. The molecule has 7 heteroatoms. The van der Waals surface area contributed by atoms with Crippen LogP contribution in [0.15, 0.2) is 12.4 Å². The SMILES string of the molecule is CC1(C)OB(c2cnn([S+]([O-])C3CC3)c2)OC1(C)C. The molecule has 0 spiro atoms. The Bertz CT molecular complexity index is 471. The first-order valence-electron chi connectivity index (χ1n) is 6.61. The second-order valence-corrected chi connectivity index (χ2v) is 7.83. The van der Waals surface area contributed by atoms with E-state index in [1.54, 1.807) is 12.4 Å². The third kappa shape index (κ3) is 2.33. The van der Waals surface area contributed by atoms with Gasteiger partial charge < -0.3 is 13.9 Å². The molecule has 1 aromatic heterocycles. The molecule has 0 aromatic carbocycles. The third-order valence-corrected chi connectivity index (χ3v) is 5.71. The minimum absolute atomic E-state index is 0.269. The largest absolute Gasteiger partial charge is 0.591 e. The zero-order valence-corrected chi connectivity index (χ0v) is 12.6. The first kappa shape index (κ1) is 13.5. The van der Waals surface area contributed by atoms with Gasteiger partial charge in [0.05, 0.1) is 35.0 Å². The lowest BCUT2D eigenvalue weighted by molar-refractivity contribution is 0.00578. The second-order valence-electron chi connectivity index (χ2n) is 6.24. The molecular weight excluding hydrogens is 263 g/mol. The maximum Gasteiger partial charge on any atom is 0.498 e. The van der Waals surface area contributed by atoms with Crippen LogP contribution in [0.1, 0.15) is 40.5 Å². The van der Waals surface area contributed by atoms with Gasteiger partial charge in [0.15, 0.2) is 0 Å². The Morgan fingerprint density at radius 1 is 1.32 bits per heavy atom. The Kier molecular flexibility index (Phi) is 3.02. The van der Waals surface area contributed by atoms with Crippen LogP contribution in [0.25, 0.3) is 0 Å². The van der Waals surface area contributed by atoms with Crippen molar-refractivity contribution in [2.45, 2.75) is 57.0 Å². The van der Waals surface area contributed by atoms with Gasteiger partial charge in [-0.15, -0.1) is 5.10 Å². The van der Waals surface area contributed by atoms with Crippen molar-refractivity contribution in [3.8, 4) is 0 Å². The van der Waals surface area contributed by atoms with Crippen LogP contribution in [0.5, 0.6) is 0 Å². The Morgan fingerprint density at radius 2 is 1.89 bits per heavy atom. The summed E-state index contributed by atoms with van der Waals surface area (Å²) in [4.78, 5) is 0. The molecule has 1 saturated heterocycles. The van der Waals surface area contributed by atoms with E-state index in [4.69, 9.17) is 9.31 Å². The topological polar surface area (TPSA) is 59.3 Å². The van der Waals surface area contributed by atoms with Gasteiger partial charge in [-0.3, -0.25) is 0 Å². The molecule has 2 heterocycles. The summed E-state index contributed by atoms with van der Waals surface area (Å²) < 4.78 is 25.4. The number of rotatable bonds is 3. The molecule has 104 valence electrons. The average Bonchev–Trinajstić information content (AvgIpc) is 2.98. The van der Waals surface area contributed by atoms with Gasteiger partial charge in [-0.25, -0.2) is 0 Å². The fourth-order valence-electron chi connectivity index (χ4n) is 1.94. The van der Waals surface area contributed by atoms with E-state index in [2.05, 4.69) is 5.10 Å². The van der Waals surface area contributed by atoms with Gasteiger partial charge >= 0.3 is 7.12 Å². The normalized spacial score (nSPS) is 26.7. The molecule has 19 heavy (non-hydrogen) atoms. The molecule has 2 aliphatic rings. The smallest absolute Gasteiger partial charge is 0.498 e. The summed E-state index contributed by atoms with van der Waals surface area (Å²) in [5, 5.41) is 4.44. The van der Waals surface area contributed by atoms with E-state index in [1.807, 2.05) is 27.7 Å². The van der Waals surface area contributed by atoms with Gasteiger partial charge in [0.1, 0.15) is 5.25 Å². The van der Waals surface area contributed by atoms with Crippen LogP contribution >= 0.6 is 0 Å². The van der Waals surface area contributed by atoms with E-state index in [1.165, 1.54) is 4.09 Å². The standard InChI is InChI=1S/C12H19BN2O3S/c1-11(2)12(3,4)18-13(17-11)9-7-14-15(8-9)19(16)10-5-6-10/h7-8,10H,5-6H2,1-4H3. The van der Waals surface area contributed by atoms with Crippen molar-refractivity contribution in [3.63, 3.8) is 0 Å². The summed E-state index contributed by atoms with van der Waals surface area (Å²) in [7, 11) is -0.435. The van der Waals surface area contributed by atoms with E-state index in [-0.39, 0.29) is 16.5 Å². The number of hydrogen-bond acceptors (Lipinski definition) is 4. The van der Waals surface area contributed by atoms with Gasteiger partial charge in [0, 0.05) is 18.3 Å². The minimum atomic E-state index is -1.05. The molecule has 1 unspecified atom stereocenters. The highest BCUT2D eigenvalue weighted by Gasteiger charge is 2.52. The summed E-state index contributed by atoms with van der Waals surface area (Å²) >= 11 is -1.05. The molecule has 1 saturated carbocycles. The van der Waals surface area contributed by atoms with Crippen LogP contribution in [0.3, 0.4) is 0 Å². The zero-order valence-electron chi connectivity index (χ0n) is 11.8. The van der Waals surface area contributed by atoms with Crippen LogP contribution in [0.4, 0.5) is 0 Å². The Balaban J connectivity index is 1.77. The number of aromatic nitrogens is 2. The van der Waals surface area contributed by atoms with Crippen molar-refractivity contribution in [1.29, 1.82) is 0 Å². The highest BCUT2D eigenvalue weighted by atomic mass is 32.2. The highest BCUT2D eigenvalue weighted by molar-refractivity contribution is 7.90. The summed E-state index contributed by atoms with van der Waals surface area (Å²) in [5.74, 6) is 0. The molecule has 1 aliphatic carbocycles. The van der Waals surface area contributed by atoms with Crippen molar-refractivity contribution in [3.05, 3.63) is 12.4 Å². The predicted molar refractivity (Wildman–Crippen MR) is 74.5 cm³/mol. The number of hydrogen-bond donors (Lipinski definition) is 0. The third-order valence-electron chi connectivity index (χ3n) is 4.10. The van der Waals surface area contributed by atoms with Gasteiger partial charge in [0.2, 0.25) is 0 Å². The van der Waals surface area contributed by atoms with E-state index in [9.17, 15) is 4.55 Å². The Labute approximate surface area is 117 Å². The van der Waals surface area contributed by atoms with E-state index >= 15 is 0 Å². The minimum Gasteiger partial charge on any atom is -0.591 e. The van der Waals surface area contributed by atoms with Crippen LogP contribution in [-0.2, 0) is 20.7 Å². The molecule has 1 atom stereocenters. The second kappa shape index (κ2) is 4.25. The molecule has 0 radical (unpaired) electrons. The Morgan fingerprint density at radius 3 is 2.42 bits per heavy atom. The Hall–Kier alpha value is -0.495. The summed E-state index contributed by atoms with van der Waals surface area (Å²) in [5.41, 5.74) is 0.0952. The summed E-state index contributed by atoms with van der Waals surface area (Å²) in [6.45, 7) is 8.05. The monoisotopic (exact) mass is 282 g/mol. The molecule has 1 aliphatic heterocycles. The van der Waals surface area contributed by atoms with Crippen molar-refractivity contribution >= 4 is 23.9 Å². The van der Waals surface area contributed by atoms with Crippen LogP contribution in [-0.4, -0.2) is 37.3 Å². The average molecular weight is 282 g/mol. The highest BCUT2D eigenvalue weighted by Crippen LogP contribution is 2.36. The van der Waals surface area contributed by atoms with E-state index < -0.39 is 18.5 Å². The van der Waals surface area contributed by atoms with Crippen molar-refractivity contribution < 1.29 is 13.9 Å². The quantitative estimate of drug-likeness (QED) is 0.609. The zero-order chi connectivity index (χ0) is 13.8. The maximum atomic E-state index is 12.0. The lowest BCUT2D eigenvalue weighted by atomic mass is 9.82. The lowest BCUT2D eigenvalue weighted by Gasteiger charge is -2.32. The predicted octanol–water partition coefficient (Wildman–Crippen LogP) is 0.856.